The Balaban J connectivity index is 1.62. The first-order chi connectivity index (χ1) is 11.8. The number of aryl methyl sites for hydroxylation is 1. The van der Waals surface area contributed by atoms with Crippen molar-refractivity contribution in [1.82, 2.24) is 20.0 Å². The van der Waals surface area contributed by atoms with Gasteiger partial charge in [0, 0.05) is 18.9 Å². The Hall–Kier alpha value is -3.37. The van der Waals surface area contributed by atoms with Gasteiger partial charge >= 0.3 is 18.2 Å². The average molecular weight is 352 g/mol. The third kappa shape index (κ3) is 3.94. The summed E-state index contributed by atoms with van der Waals surface area (Å²) in [6.45, 7) is 0. The van der Waals surface area contributed by atoms with Gasteiger partial charge in [-0.3, -0.25) is 10.00 Å². The first kappa shape index (κ1) is 16.5. The van der Waals surface area contributed by atoms with Crippen LogP contribution in [0, 0.1) is 0 Å². The molecule has 0 unspecified atom stereocenters. The number of hydrogen-bond acceptors (Lipinski definition) is 5. The topological polar surface area (TPSA) is 97.9 Å². The molecule has 130 valence electrons. The maximum atomic E-state index is 12.5. The number of hydrogen-bond donors (Lipinski definition) is 2. The number of benzene rings is 1. The quantitative estimate of drug-likeness (QED) is 0.755. The second-order valence-electron chi connectivity index (χ2n) is 4.94. The Kier molecular flexibility index (Phi) is 4.13. The summed E-state index contributed by atoms with van der Waals surface area (Å²) in [5, 5.41) is 16.1. The fourth-order valence-electron chi connectivity index (χ4n) is 1.91. The fourth-order valence-corrected chi connectivity index (χ4v) is 1.91. The fraction of sp³-hybridized carbons (Fsp3) is 0.143. The second kappa shape index (κ2) is 6.26. The summed E-state index contributed by atoms with van der Waals surface area (Å²) >= 11 is 0. The number of anilines is 2. The van der Waals surface area contributed by atoms with E-state index in [0.29, 0.717) is 5.69 Å². The molecule has 2 N–H and O–H groups in total. The van der Waals surface area contributed by atoms with Crippen molar-refractivity contribution >= 4 is 17.7 Å². The zero-order valence-corrected chi connectivity index (χ0v) is 12.7. The van der Waals surface area contributed by atoms with Gasteiger partial charge in [0.2, 0.25) is 0 Å². The minimum absolute atomic E-state index is 0.116. The number of halogens is 3. The van der Waals surface area contributed by atoms with Crippen LogP contribution in [0.5, 0.6) is 0 Å². The zero-order valence-electron chi connectivity index (χ0n) is 12.7. The highest BCUT2D eigenvalue weighted by atomic mass is 19.4. The Morgan fingerprint density at radius 1 is 1.12 bits per heavy atom. The lowest BCUT2D eigenvalue weighted by Gasteiger charge is -2.08. The van der Waals surface area contributed by atoms with Gasteiger partial charge < -0.3 is 9.73 Å². The monoisotopic (exact) mass is 352 g/mol. The molecule has 2 heterocycles. The summed E-state index contributed by atoms with van der Waals surface area (Å²) in [6, 6.07) is 4.73. The third-order valence-corrected chi connectivity index (χ3v) is 3.05. The lowest BCUT2D eigenvalue weighted by Crippen LogP contribution is -2.19. The highest BCUT2D eigenvalue weighted by Crippen LogP contribution is 2.29. The van der Waals surface area contributed by atoms with Crippen molar-refractivity contribution in [3.8, 4) is 11.6 Å². The predicted molar refractivity (Wildman–Crippen MR) is 80.6 cm³/mol. The molecule has 0 spiro atoms. The number of urea groups is 1. The van der Waals surface area contributed by atoms with E-state index in [1.807, 2.05) is 0 Å². The van der Waals surface area contributed by atoms with Crippen molar-refractivity contribution < 1.29 is 22.4 Å². The van der Waals surface area contributed by atoms with Crippen LogP contribution in [0.2, 0.25) is 0 Å². The number of nitrogens with zero attached hydrogens (tertiary/aromatic N) is 4. The Morgan fingerprint density at radius 3 is 2.44 bits per heavy atom. The van der Waals surface area contributed by atoms with E-state index in [1.165, 1.54) is 0 Å². The number of aromatic nitrogens is 4. The molecule has 0 aliphatic carbocycles. The number of carbonyl (C=O) groups is 1. The van der Waals surface area contributed by atoms with Crippen LogP contribution in [0.15, 0.2) is 40.9 Å². The van der Waals surface area contributed by atoms with Crippen LogP contribution in [-0.4, -0.2) is 26.0 Å². The average Bonchev–Trinajstić information content (AvgIpc) is 3.15. The van der Waals surface area contributed by atoms with E-state index in [4.69, 9.17) is 4.42 Å². The van der Waals surface area contributed by atoms with Gasteiger partial charge in [-0.15, -0.1) is 5.10 Å². The van der Waals surface area contributed by atoms with Gasteiger partial charge in [-0.05, 0) is 30.3 Å². The van der Waals surface area contributed by atoms with Crippen molar-refractivity contribution in [2.45, 2.75) is 6.18 Å². The normalized spacial score (nSPS) is 11.4. The van der Waals surface area contributed by atoms with Crippen molar-refractivity contribution in [1.29, 1.82) is 0 Å². The highest BCUT2D eigenvalue weighted by Gasteiger charge is 2.30. The minimum Gasteiger partial charge on any atom is -0.401 e. The van der Waals surface area contributed by atoms with Gasteiger partial charge in [0.25, 0.3) is 5.89 Å². The molecule has 0 fully saturated rings. The molecule has 0 aliphatic rings. The summed E-state index contributed by atoms with van der Waals surface area (Å²) in [4.78, 5) is 11.8. The van der Waals surface area contributed by atoms with E-state index in [-0.39, 0.29) is 17.6 Å². The largest absolute Gasteiger partial charge is 0.416 e. The first-order valence-corrected chi connectivity index (χ1v) is 6.90. The van der Waals surface area contributed by atoms with E-state index in [9.17, 15) is 18.0 Å². The molecular formula is C14H11F3N6O2. The van der Waals surface area contributed by atoms with Gasteiger partial charge in [0.1, 0.15) is 5.69 Å². The third-order valence-electron chi connectivity index (χ3n) is 3.05. The smallest absolute Gasteiger partial charge is 0.401 e. The lowest BCUT2D eigenvalue weighted by molar-refractivity contribution is -0.137. The van der Waals surface area contributed by atoms with Crippen LogP contribution in [0.3, 0.4) is 0 Å². The summed E-state index contributed by atoms with van der Waals surface area (Å²) in [5.74, 6) is 0.116. The minimum atomic E-state index is -4.44. The predicted octanol–water partition coefficient (Wildman–Crippen LogP) is 3.13. The van der Waals surface area contributed by atoms with Crippen LogP contribution in [0.4, 0.5) is 29.7 Å². The van der Waals surface area contributed by atoms with E-state index < -0.39 is 17.8 Å². The Morgan fingerprint density at radius 2 is 1.84 bits per heavy atom. The molecule has 1 aromatic carbocycles. The molecule has 2 amide bonds. The van der Waals surface area contributed by atoms with Crippen LogP contribution < -0.4 is 10.6 Å². The number of nitrogens with one attached hydrogen (secondary N) is 2. The lowest BCUT2D eigenvalue weighted by atomic mass is 10.2. The van der Waals surface area contributed by atoms with Crippen molar-refractivity contribution in [3.63, 3.8) is 0 Å². The van der Waals surface area contributed by atoms with Crippen molar-refractivity contribution in [2.75, 3.05) is 10.6 Å². The first-order valence-electron chi connectivity index (χ1n) is 6.90. The van der Waals surface area contributed by atoms with E-state index in [1.54, 1.807) is 24.0 Å². The van der Waals surface area contributed by atoms with Crippen LogP contribution in [0.1, 0.15) is 5.56 Å². The second-order valence-corrected chi connectivity index (χ2v) is 4.94. The maximum Gasteiger partial charge on any atom is 0.416 e. The van der Waals surface area contributed by atoms with Gasteiger partial charge in [-0.2, -0.15) is 18.3 Å². The number of carbonyl (C=O) groups excluding carboxylic acids is 1. The summed E-state index contributed by atoms with van der Waals surface area (Å²) in [5.41, 5.74) is -0.198. The SMILES string of the molecule is Cn1ccc(-c2nnc(NC(=O)Nc3ccc(C(F)(F)F)cc3)o2)n1. The molecule has 8 nitrogen and oxygen atoms in total. The number of alkyl halides is 3. The summed E-state index contributed by atoms with van der Waals surface area (Å²) in [7, 11) is 1.72. The van der Waals surface area contributed by atoms with Gasteiger partial charge in [0.15, 0.2) is 0 Å². The zero-order chi connectivity index (χ0) is 18.0. The summed E-state index contributed by atoms with van der Waals surface area (Å²) < 4.78 is 44.2. The molecular weight excluding hydrogens is 341 g/mol. The molecule has 0 saturated carbocycles. The van der Waals surface area contributed by atoms with Crippen LogP contribution in [-0.2, 0) is 13.2 Å². The molecule has 3 aromatic rings. The van der Waals surface area contributed by atoms with Crippen LogP contribution >= 0.6 is 0 Å². The maximum absolute atomic E-state index is 12.5. The standard InChI is InChI=1S/C14H11F3N6O2/c1-23-7-6-10(22-23)11-20-21-13(25-11)19-12(24)18-9-4-2-8(3-5-9)14(15,16)17/h2-7H,1H3,(H2,18,19,21,24). The molecule has 0 bridgehead atoms. The Labute approximate surface area is 138 Å². The molecule has 0 aliphatic heterocycles. The van der Waals surface area contributed by atoms with Gasteiger partial charge in [0.05, 0.1) is 5.56 Å². The highest BCUT2D eigenvalue weighted by molar-refractivity contribution is 5.98. The van der Waals surface area contributed by atoms with Crippen molar-refractivity contribution in [2.24, 2.45) is 7.05 Å². The number of amides is 2. The van der Waals surface area contributed by atoms with E-state index >= 15 is 0 Å². The number of rotatable bonds is 3. The molecule has 3 rings (SSSR count). The van der Waals surface area contributed by atoms with Crippen LogP contribution in [0.25, 0.3) is 11.6 Å². The molecule has 0 atom stereocenters. The molecule has 0 saturated heterocycles. The van der Waals surface area contributed by atoms with Crippen molar-refractivity contribution in [3.05, 3.63) is 42.1 Å². The molecule has 0 radical (unpaired) electrons. The Bertz CT molecular complexity index is 885. The van der Waals surface area contributed by atoms with Gasteiger partial charge in [-0.1, -0.05) is 5.10 Å². The summed E-state index contributed by atoms with van der Waals surface area (Å²) in [6.07, 6.45) is -2.75. The molecule has 2 aromatic heterocycles. The van der Waals surface area contributed by atoms with E-state index in [0.717, 1.165) is 24.3 Å². The molecule has 25 heavy (non-hydrogen) atoms. The molecule has 11 heteroatoms. The van der Waals surface area contributed by atoms with E-state index in [2.05, 4.69) is 25.9 Å². The van der Waals surface area contributed by atoms with Gasteiger partial charge in [-0.25, -0.2) is 4.79 Å².